The maximum Gasteiger partial charge on any atom is 0.242 e. The van der Waals surface area contributed by atoms with Crippen LogP contribution in [0.2, 0.25) is 0 Å². The van der Waals surface area contributed by atoms with E-state index < -0.39 is 10.0 Å². The Kier molecular flexibility index (Phi) is 4.86. The zero-order chi connectivity index (χ0) is 14.9. The van der Waals surface area contributed by atoms with Crippen molar-refractivity contribution in [3.05, 3.63) is 27.7 Å². The standard InChI is InChI=1S/C13H18BrNO4S/c1-8-5-10(7-16)6-12(13(8)14)20(17,18)15-11-3-4-19-9(11)2/h5-6,9,11,15-16H,3-4,7H2,1-2H3. The molecule has 1 aromatic rings. The predicted octanol–water partition coefficient (Wildman–Crippen LogP) is 1.71. The second-order valence-electron chi connectivity index (χ2n) is 4.98. The SMILES string of the molecule is Cc1cc(CO)cc(S(=O)(=O)NC2CCOC2C)c1Br. The first-order chi connectivity index (χ1) is 9.35. The van der Waals surface area contributed by atoms with Gasteiger partial charge in [0.05, 0.1) is 23.6 Å². The molecule has 2 unspecified atom stereocenters. The first kappa shape index (κ1) is 15.9. The minimum Gasteiger partial charge on any atom is -0.392 e. The number of hydrogen-bond donors (Lipinski definition) is 2. The molecule has 0 aromatic heterocycles. The van der Waals surface area contributed by atoms with E-state index in [1.54, 1.807) is 13.0 Å². The normalized spacial score (nSPS) is 23.2. The number of aliphatic hydroxyl groups is 1. The summed E-state index contributed by atoms with van der Waals surface area (Å²) in [5, 5.41) is 9.22. The quantitative estimate of drug-likeness (QED) is 0.853. The fraction of sp³-hybridized carbons (Fsp3) is 0.538. The molecule has 7 heteroatoms. The summed E-state index contributed by atoms with van der Waals surface area (Å²) in [5.74, 6) is 0. The van der Waals surface area contributed by atoms with Crippen LogP contribution in [0, 0.1) is 6.92 Å². The second kappa shape index (κ2) is 6.11. The molecule has 0 saturated carbocycles. The maximum atomic E-state index is 12.5. The molecule has 0 aliphatic carbocycles. The highest BCUT2D eigenvalue weighted by molar-refractivity contribution is 9.10. The van der Waals surface area contributed by atoms with Crippen LogP contribution in [-0.2, 0) is 21.4 Å². The minimum atomic E-state index is -3.65. The van der Waals surface area contributed by atoms with E-state index in [1.807, 2.05) is 6.92 Å². The van der Waals surface area contributed by atoms with Gasteiger partial charge in [-0.2, -0.15) is 0 Å². The van der Waals surface area contributed by atoms with Crippen molar-refractivity contribution in [1.29, 1.82) is 0 Å². The molecule has 1 aliphatic heterocycles. The van der Waals surface area contributed by atoms with Crippen LogP contribution < -0.4 is 4.72 Å². The van der Waals surface area contributed by atoms with Crippen molar-refractivity contribution in [2.75, 3.05) is 6.61 Å². The first-order valence-electron chi connectivity index (χ1n) is 6.39. The second-order valence-corrected chi connectivity index (χ2v) is 7.45. The molecule has 1 aliphatic rings. The highest BCUT2D eigenvalue weighted by atomic mass is 79.9. The van der Waals surface area contributed by atoms with Gasteiger partial charge < -0.3 is 9.84 Å². The van der Waals surface area contributed by atoms with Crippen LogP contribution in [0.5, 0.6) is 0 Å². The Labute approximate surface area is 127 Å². The zero-order valence-corrected chi connectivity index (χ0v) is 13.8. The predicted molar refractivity (Wildman–Crippen MR) is 78.9 cm³/mol. The number of ether oxygens (including phenoxy) is 1. The molecule has 1 fully saturated rings. The molecular formula is C13H18BrNO4S. The summed E-state index contributed by atoms with van der Waals surface area (Å²) in [7, 11) is -3.65. The van der Waals surface area contributed by atoms with Crippen LogP contribution in [0.1, 0.15) is 24.5 Å². The highest BCUT2D eigenvalue weighted by Crippen LogP contribution is 2.28. The molecule has 0 radical (unpaired) electrons. The lowest BCUT2D eigenvalue weighted by atomic mass is 10.1. The summed E-state index contributed by atoms with van der Waals surface area (Å²) < 4.78 is 33.6. The summed E-state index contributed by atoms with van der Waals surface area (Å²) in [6.07, 6.45) is 0.530. The molecule has 1 saturated heterocycles. The number of aryl methyl sites for hydroxylation is 1. The topological polar surface area (TPSA) is 75.6 Å². The van der Waals surface area contributed by atoms with Gasteiger partial charge in [-0.25, -0.2) is 13.1 Å². The van der Waals surface area contributed by atoms with E-state index in [-0.39, 0.29) is 23.6 Å². The van der Waals surface area contributed by atoms with Crippen molar-refractivity contribution in [2.24, 2.45) is 0 Å². The van der Waals surface area contributed by atoms with Crippen molar-refractivity contribution < 1.29 is 18.3 Å². The number of nitrogens with one attached hydrogen (secondary N) is 1. The van der Waals surface area contributed by atoms with Crippen molar-refractivity contribution >= 4 is 26.0 Å². The van der Waals surface area contributed by atoms with E-state index in [2.05, 4.69) is 20.7 Å². The first-order valence-corrected chi connectivity index (χ1v) is 8.66. The van der Waals surface area contributed by atoms with E-state index in [1.165, 1.54) is 6.07 Å². The lowest BCUT2D eigenvalue weighted by Crippen LogP contribution is -2.39. The van der Waals surface area contributed by atoms with Gasteiger partial charge in [0.25, 0.3) is 0 Å². The van der Waals surface area contributed by atoms with Gasteiger partial charge >= 0.3 is 0 Å². The van der Waals surface area contributed by atoms with Crippen LogP contribution in [-0.4, -0.2) is 32.3 Å². The van der Waals surface area contributed by atoms with Gasteiger partial charge in [-0.1, -0.05) is 6.07 Å². The number of rotatable bonds is 4. The van der Waals surface area contributed by atoms with Crippen molar-refractivity contribution in [1.82, 2.24) is 4.72 Å². The molecule has 1 heterocycles. The Morgan fingerprint density at radius 3 is 2.75 bits per heavy atom. The molecule has 0 amide bonds. The molecule has 1 aromatic carbocycles. The van der Waals surface area contributed by atoms with Gasteiger partial charge in [-0.3, -0.25) is 0 Å². The van der Waals surface area contributed by atoms with Gasteiger partial charge in [0.15, 0.2) is 0 Å². The van der Waals surface area contributed by atoms with Crippen LogP contribution in [0.25, 0.3) is 0 Å². The molecule has 20 heavy (non-hydrogen) atoms. The minimum absolute atomic E-state index is 0.134. The Bertz CT molecular complexity index is 603. The lowest BCUT2D eigenvalue weighted by molar-refractivity contribution is 0.117. The molecule has 5 nitrogen and oxygen atoms in total. The lowest BCUT2D eigenvalue weighted by Gasteiger charge is -2.18. The molecular weight excluding hydrogens is 346 g/mol. The number of aliphatic hydroxyl groups excluding tert-OH is 1. The molecule has 0 bridgehead atoms. The average Bonchev–Trinajstić information content (AvgIpc) is 2.77. The third kappa shape index (κ3) is 3.23. The number of benzene rings is 1. The smallest absolute Gasteiger partial charge is 0.242 e. The van der Waals surface area contributed by atoms with E-state index in [9.17, 15) is 13.5 Å². The molecule has 112 valence electrons. The Hall–Kier alpha value is -0.470. The van der Waals surface area contributed by atoms with E-state index in [0.717, 1.165) is 5.56 Å². The third-order valence-electron chi connectivity index (χ3n) is 3.44. The Morgan fingerprint density at radius 2 is 2.20 bits per heavy atom. The number of halogens is 1. The summed E-state index contributed by atoms with van der Waals surface area (Å²) >= 11 is 3.31. The Balaban J connectivity index is 2.36. The van der Waals surface area contributed by atoms with Crippen LogP contribution >= 0.6 is 15.9 Å². The largest absolute Gasteiger partial charge is 0.392 e. The summed E-state index contributed by atoms with van der Waals surface area (Å²) in [5.41, 5.74) is 1.34. The van der Waals surface area contributed by atoms with Crippen molar-refractivity contribution in [3.63, 3.8) is 0 Å². The van der Waals surface area contributed by atoms with E-state index in [4.69, 9.17) is 4.74 Å². The van der Waals surface area contributed by atoms with Gasteiger partial charge in [-0.15, -0.1) is 0 Å². The summed E-state index contributed by atoms with van der Waals surface area (Å²) in [4.78, 5) is 0.153. The number of sulfonamides is 1. The summed E-state index contributed by atoms with van der Waals surface area (Å²) in [6, 6.07) is 3.02. The van der Waals surface area contributed by atoms with Gasteiger partial charge in [-0.05, 0) is 53.4 Å². The third-order valence-corrected chi connectivity index (χ3v) is 6.26. The monoisotopic (exact) mass is 363 g/mol. The van der Waals surface area contributed by atoms with Gasteiger partial charge in [0, 0.05) is 11.1 Å². The molecule has 2 rings (SSSR count). The van der Waals surface area contributed by atoms with Crippen LogP contribution in [0.4, 0.5) is 0 Å². The molecule has 2 atom stereocenters. The van der Waals surface area contributed by atoms with Crippen LogP contribution in [0.3, 0.4) is 0 Å². The van der Waals surface area contributed by atoms with Crippen LogP contribution in [0.15, 0.2) is 21.5 Å². The molecule has 0 spiro atoms. The van der Waals surface area contributed by atoms with Gasteiger partial charge in [0.1, 0.15) is 0 Å². The fourth-order valence-electron chi connectivity index (χ4n) is 2.25. The van der Waals surface area contributed by atoms with E-state index >= 15 is 0 Å². The van der Waals surface area contributed by atoms with Crippen molar-refractivity contribution in [2.45, 2.75) is 43.9 Å². The Morgan fingerprint density at radius 1 is 1.50 bits per heavy atom. The van der Waals surface area contributed by atoms with Crippen molar-refractivity contribution in [3.8, 4) is 0 Å². The average molecular weight is 364 g/mol. The maximum absolute atomic E-state index is 12.5. The number of hydrogen-bond acceptors (Lipinski definition) is 4. The zero-order valence-electron chi connectivity index (χ0n) is 11.4. The van der Waals surface area contributed by atoms with E-state index in [0.29, 0.717) is 23.1 Å². The van der Waals surface area contributed by atoms with Gasteiger partial charge in [0.2, 0.25) is 10.0 Å². The molecule has 2 N–H and O–H groups in total. The fourth-order valence-corrected chi connectivity index (χ4v) is 4.65. The summed E-state index contributed by atoms with van der Waals surface area (Å²) in [6.45, 7) is 4.01. The highest BCUT2D eigenvalue weighted by Gasteiger charge is 2.30.